The number of anilines is 1. The molecule has 142 valence electrons. The monoisotopic (exact) mass is 373 g/mol. The van der Waals surface area contributed by atoms with Gasteiger partial charge in [-0.25, -0.2) is 4.98 Å². The second kappa shape index (κ2) is 6.21. The molecule has 0 aliphatic carbocycles. The molecule has 27 heavy (non-hydrogen) atoms. The van der Waals surface area contributed by atoms with Crippen LogP contribution < -0.4 is 11.5 Å². The molecular weight excluding hydrogens is 354 g/mol. The molecule has 0 aromatic carbocycles. The zero-order valence-corrected chi connectivity index (χ0v) is 14.8. The van der Waals surface area contributed by atoms with E-state index in [0.29, 0.717) is 11.2 Å². The molecule has 4 rings (SSSR count). The minimum Gasteiger partial charge on any atom is -0.382 e. The predicted octanol–water partition coefficient (Wildman–Crippen LogP) is -0.384. The number of hydrogen-bond acceptors (Lipinski definition) is 10. The van der Waals surface area contributed by atoms with Crippen LogP contribution in [0.2, 0.25) is 0 Å². The molecular formula is C16H19N7O4. The summed E-state index contributed by atoms with van der Waals surface area (Å²) in [6.45, 7) is 3.76. The number of hydrogen-bond donors (Lipinski definition) is 2. The molecule has 0 amide bonds. The van der Waals surface area contributed by atoms with Crippen LogP contribution in [0, 0.1) is 11.3 Å². The Morgan fingerprint density at radius 1 is 1.37 bits per heavy atom. The summed E-state index contributed by atoms with van der Waals surface area (Å²) in [5.74, 6) is -1.03. The van der Waals surface area contributed by atoms with Gasteiger partial charge in [0.15, 0.2) is 29.3 Å². The molecule has 0 spiro atoms. The molecule has 2 aromatic heterocycles. The van der Waals surface area contributed by atoms with E-state index in [0.717, 1.165) is 0 Å². The zero-order valence-electron chi connectivity index (χ0n) is 14.8. The first-order valence-electron chi connectivity index (χ1n) is 8.48. The van der Waals surface area contributed by atoms with E-state index in [1.165, 1.54) is 6.33 Å². The number of nitrogens with zero attached hydrogens (tertiary/aromatic N) is 5. The number of aromatic nitrogens is 4. The lowest BCUT2D eigenvalue weighted by atomic mass is 10.0. The Bertz CT molecular complexity index is 950. The van der Waals surface area contributed by atoms with Crippen LogP contribution in [0.1, 0.15) is 32.3 Å². The Morgan fingerprint density at radius 3 is 2.81 bits per heavy atom. The molecule has 11 nitrogen and oxygen atoms in total. The molecule has 0 unspecified atom stereocenters. The fourth-order valence-electron chi connectivity index (χ4n) is 3.52. The van der Waals surface area contributed by atoms with Crippen molar-refractivity contribution in [2.24, 2.45) is 5.73 Å². The molecule has 2 aliphatic heterocycles. The first kappa shape index (κ1) is 17.7. The van der Waals surface area contributed by atoms with Crippen LogP contribution in [0.3, 0.4) is 0 Å². The third-order valence-electron chi connectivity index (χ3n) is 4.56. The highest BCUT2D eigenvalue weighted by atomic mass is 16.8. The molecule has 2 aliphatic rings. The van der Waals surface area contributed by atoms with Gasteiger partial charge in [0.25, 0.3) is 0 Å². The Kier molecular flexibility index (Phi) is 4.08. The first-order chi connectivity index (χ1) is 12.8. The number of ketones is 1. The van der Waals surface area contributed by atoms with Gasteiger partial charge in [-0.1, -0.05) is 0 Å². The number of carbonyl (C=O) groups excluding carboxylic acids is 1. The lowest BCUT2D eigenvalue weighted by Crippen LogP contribution is -2.36. The maximum Gasteiger partial charge on any atom is 0.236 e. The van der Waals surface area contributed by atoms with Crippen molar-refractivity contribution in [3.05, 3.63) is 12.2 Å². The van der Waals surface area contributed by atoms with Crippen molar-refractivity contribution in [1.29, 1.82) is 5.26 Å². The van der Waals surface area contributed by atoms with Gasteiger partial charge in [-0.2, -0.15) is 15.2 Å². The summed E-state index contributed by atoms with van der Waals surface area (Å²) in [6, 6.07) is 1.86. The second-order valence-corrected chi connectivity index (χ2v) is 6.89. The maximum absolute atomic E-state index is 12.5. The van der Waals surface area contributed by atoms with Crippen LogP contribution in [0.15, 0.2) is 6.33 Å². The lowest BCUT2D eigenvalue weighted by molar-refractivity contribution is -0.196. The maximum atomic E-state index is 12.5. The number of nitriles is 1. The van der Waals surface area contributed by atoms with Crippen LogP contribution in [0.5, 0.6) is 0 Å². The molecule has 0 saturated carbocycles. The van der Waals surface area contributed by atoms with E-state index in [4.69, 9.17) is 30.9 Å². The van der Waals surface area contributed by atoms with Crippen LogP contribution in [0.25, 0.3) is 11.2 Å². The number of ether oxygens (including phenoxy) is 3. The van der Waals surface area contributed by atoms with Crippen molar-refractivity contribution in [1.82, 2.24) is 19.5 Å². The Labute approximate surface area is 154 Å². The van der Waals surface area contributed by atoms with Crippen molar-refractivity contribution in [2.75, 3.05) is 12.3 Å². The average molecular weight is 373 g/mol. The summed E-state index contributed by atoms with van der Waals surface area (Å²) >= 11 is 0. The van der Waals surface area contributed by atoms with Crippen molar-refractivity contribution < 1.29 is 19.0 Å². The van der Waals surface area contributed by atoms with Crippen molar-refractivity contribution in [3.63, 3.8) is 0 Å². The van der Waals surface area contributed by atoms with E-state index >= 15 is 0 Å². The van der Waals surface area contributed by atoms with E-state index in [9.17, 15) is 4.79 Å². The van der Waals surface area contributed by atoms with Crippen LogP contribution in [-0.4, -0.2) is 55.9 Å². The number of nitrogen functional groups attached to an aromatic ring is 1. The van der Waals surface area contributed by atoms with Gasteiger partial charge in [0.2, 0.25) is 5.82 Å². The second-order valence-electron chi connectivity index (χ2n) is 6.89. The first-order valence-corrected chi connectivity index (χ1v) is 8.48. The number of imidazole rings is 1. The van der Waals surface area contributed by atoms with Crippen LogP contribution in [-0.2, 0) is 19.0 Å². The quantitative estimate of drug-likeness (QED) is 0.721. The molecule has 4 N–H and O–H groups in total. The van der Waals surface area contributed by atoms with E-state index < -0.39 is 30.3 Å². The summed E-state index contributed by atoms with van der Waals surface area (Å²) in [4.78, 5) is 24.8. The molecule has 0 radical (unpaired) electrons. The summed E-state index contributed by atoms with van der Waals surface area (Å²) in [7, 11) is 0. The van der Waals surface area contributed by atoms with Gasteiger partial charge in [-0.3, -0.25) is 9.36 Å². The molecule has 4 heterocycles. The summed E-state index contributed by atoms with van der Waals surface area (Å²) < 4.78 is 19.5. The van der Waals surface area contributed by atoms with Crippen molar-refractivity contribution >= 4 is 22.8 Å². The summed E-state index contributed by atoms with van der Waals surface area (Å²) in [5, 5.41) is 9.12. The van der Waals surface area contributed by atoms with Crippen molar-refractivity contribution in [2.45, 2.75) is 50.6 Å². The minimum atomic E-state index is -0.874. The zero-order chi connectivity index (χ0) is 19.3. The third-order valence-corrected chi connectivity index (χ3v) is 4.56. The average Bonchev–Trinajstić information content (AvgIpc) is 3.25. The third kappa shape index (κ3) is 2.83. The molecule has 2 aromatic rings. The van der Waals surface area contributed by atoms with Crippen LogP contribution >= 0.6 is 0 Å². The summed E-state index contributed by atoms with van der Waals surface area (Å²) in [5.41, 5.74) is 12.0. The van der Waals surface area contributed by atoms with E-state index in [2.05, 4.69) is 15.0 Å². The number of rotatable bonds is 4. The highest BCUT2D eigenvalue weighted by Crippen LogP contribution is 2.44. The van der Waals surface area contributed by atoms with Gasteiger partial charge >= 0.3 is 0 Å². The Morgan fingerprint density at radius 2 is 2.11 bits per heavy atom. The van der Waals surface area contributed by atoms with Gasteiger partial charge in [-0.05, 0) is 20.4 Å². The molecule has 2 fully saturated rings. The largest absolute Gasteiger partial charge is 0.382 e. The molecule has 4 atom stereocenters. The Balaban J connectivity index is 1.77. The Hall–Kier alpha value is -2.65. The smallest absolute Gasteiger partial charge is 0.236 e. The van der Waals surface area contributed by atoms with Gasteiger partial charge in [0, 0.05) is 6.42 Å². The van der Waals surface area contributed by atoms with Gasteiger partial charge in [0.1, 0.15) is 29.9 Å². The number of Topliss-reactive ketones (excluding diaryl/α,β-unsaturated/α-hetero) is 1. The van der Waals surface area contributed by atoms with Gasteiger partial charge in [-0.15, -0.1) is 0 Å². The van der Waals surface area contributed by atoms with Gasteiger partial charge < -0.3 is 25.7 Å². The lowest BCUT2D eigenvalue weighted by Gasteiger charge is -2.24. The fraction of sp³-hybridized carbons (Fsp3) is 0.562. The number of fused-ring (bicyclic) bond motifs is 2. The predicted molar refractivity (Wildman–Crippen MR) is 90.9 cm³/mol. The standard InChI is InChI=1S/C16H19N7O4/c1-16(2)26-11-10(7(24)3-4-17)25-15(12(11)27-16)23-6-20-9-13(19)21-8(5-18)22-14(9)23/h6,10-12,15H,3-4,17H2,1-2H3,(H2,19,21,22)/t10-,11-,12-,15-/m1/s1. The van der Waals surface area contributed by atoms with E-state index in [1.807, 2.05) is 6.07 Å². The fourth-order valence-corrected chi connectivity index (χ4v) is 3.52. The number of carbonyl (C=O) groups is 1. The molecule has 0 bridgehead atoms. The van der Waals surface area contributed by atoms with Crippen LogP contribution in [0.4, 0.5) is 5.82 Å². The SMILES string of the molecule is CC1(C)O[C@@H]2[C@H](O1)[C@@H](C(=O)CCN)O[C@H]2n1cnc2c(N)nc(C#N)nc21. The highest BCUT2D eigenvalue weighted by Gasteiger charge is 2.57. The van der Waals surface area contributed by atoms with E-state index in [1.54, 1.807) is 18.4 Å². The molecule has 2 saturated heterocycles. The number of nitrogens with two attached hydrogens (primary N) is 2. The molecule has 11 heteroatoms. The normalized spacial score (nSPS) is 29.0. The summed E-state index contributed by atoms with van der Waals surface area (Å²) in [6.07, 6.45) is -1.06. The van der Waals surface area contributed by atoms with Gasteiger partial charge in [0.05, 0.1) is 6.33 Å². The van der Waals surface area contributed by atoms with E-state index in [-0.39, 0.29) is 30.4 Å². The minimum absolute atomic E-state index is 0.0871. The highest BCUT2D eigenvalue weighted by molar-refractivity contribution is 5.85. The van der Waals surface area contributed by atoms with Crippen molar-refractivity contribution in [3.8, 4) is 6.07 Å². The topological polar surface area (TPSA) is 164 Å².